The number of hydrogen-bond donors (Lipinski definition) is 3. The number of halogens is 2. The van der Waals surface area contributed by atoms with Crippen molar-refractivity contribution in [2.45, 2.75) is 25.7 Å². The summed E-state index contributed by atoms with van der Waals surface area (Å²) in [5.41, 5.74) is 4.86. The maximum Gasteiger partial charge on any atom is 0.311 e. The molecule has 0 saturated heterocycles. The molecule has 1 atom stereocenters. The first-order valence-corrected chi connectivity index (χ1v) is 7.90. The van der Waals surface area contributed by atoms with Crippen molar-refractivity contribution in [2.24, 2.45) is 5.73 Å². The molecule has 0 aliphatic carbocycles. The fourth-order valence-electron chi connectivity index (χ4n) is 2.66. The van der Waals surface area contributed by atoms with Crippen molar-refractivity contribution in [3.05, 3.63) is 56.2 Å². The van der Waals surface area contributed by atoms with Crippen LogP contribution in [0.2, 0.25) is 5.02 Å². The summed E-state index contributed by atoms with van der Waals surface area (Å²) in [5, 5.41) is 4.96. The number of nitrogens with one attached hydrogen (secondary N) is 2. The minimum absolute atomic E-state index is 0.0267. The molecule has 2 aromatic rings. The lowest BCUT2D eigenvalue weighted by atomic mass is 9.87. The molecule has 1 heterocycles. The van der Waals surface area contributed by atoms with Gasteiger partial charge in [-0.2, -0.15) is 0 Å². The van der Waals surface area contributed by atoms with Crippen LogP contribution in [0.4, 0.5) is 4.39 Å². The lowest BCUT2D eigenvalue weighted by Gasteiger charge is -2.17. The Morgan fingerprint density at radius 2 is 2.04 bits per heavy atom. The van der Waals surface area contributed by atoms with E-state index in [0.29, 0.717) is 0 Å². The highest BCUT2D eigenvalue weighted by atomic mass is 35.5. The molecule has 25 heavy (non-hydrogen) atoms. The fourth-order valence-corrected chi connectivity index (χ4v) is 2.96. The summed E-state index contributed by atoms with van der Waals surface area (Å²) in [6.07, 6.45) is -0.597. The zero-order chi connectivity index (χ0) is 18.6. The van der Waals surface area contributed by atoms with Gasteiger partial charge >= 0.3 is 5.97 Å². The average Bonchev–Trinajstić information content (AvgIpc) is 2.86. The lowest BCUT2D eigenvalue weighted by Crippen LogP contribution is -2.22. The molecule has 0 saturated carbocycles. The quantitative estimate of drug-likeness (QED) is 0.642. The van der Waals surface area contributed by atoms with Crippen LogP contribution in [0.25, 0.3) is 0 Å². The highest BCUT2D eigenvalue weighted by Gasteiger charge is 2.29. The van der Waals surface area contributed by atoms with Gasteiger partial charge in [0.1, 0.15) is 5.82 Å². The molecule has 0 fully saturated rings. The van der Waals surface area contributed by atoms with Gasteiger partial charge in [-0.1, -0.05) is 17.7 Å². The first kappa shape index (κ1) is 18.7. The largest absolute Gasteiger partial charge is 0.466 e. The van der Waals surface area contributed by atoms with E-state index in [1.807, 2.05) is 0 Å². The van der Waals surface area contributed by atoms with E-state index < -0.39 is 29.2 Å². The molecule has 0 radical (unpaired) electrons. The van der Waals surface area contributed by atoms with E-state index in [9.17, 15) is 18.8 Å². The maximum absolute atomic E-state index is 14.3. The summed E-state index contributed by atoms with van der Waals surface area (Å²) in [6.45, 7) is 1.82. The van der Waals surface area contributed by atoms with Crippen LogP contribution in [-0.4, -0.2) is 28.7 Å². The van der Waals surface area contributed by atoms with Gasteiger partial charge in [0, 0.05) is 28.5 Å². The van der Waals surface area contributed by atoms with Gasteiger partial charge in [0.15, 0.2) is 0 Å². The van der Waals surface area contributed by atoms with Crippen molar-refractivity contribution in [2.75, 3.05) is 6.61 Å². The second-order valence-electron chi connectivity index (χ2n) is 5.31. The first-order chi connectivity index (χ1) is 11.8. The van der Waals surface area contributed by atoms with Crippen LogP contribution in [0, 0.1) is 5.82 Å². The van der Waals surface area contributed by atoms with Gasteiger partial charge in [-0.05, 0) is 19.1 Å². The standard InChI is InChI=1S/C16H17ClFN3O4/c1-2-25-13(23)7-11-15(16(24)21-20-11)8(6-12(19)22)14-9(17)4-3-5-10(14)18/h3-5,8H,2,6-7H2,1H3,(H2,19,22)(H2,20,21,24). The molecule has 4 N–H and O–H groups in total. The molecule has 0 bridgehead atoms. The van der Waals surface area contributed by atoms with Gasteiger partial charge in [0.2, 0.25) is 5.91 Å². The smallest absolute Gasteiger partial charge is 0.311 e. The molecule has 7 nitrogen and oxygen atoms in total. The zero-order valence-electron chi connectivity index (χ0n) is 13.4. The Labute approximate surface area is 147 Å². The zero-order valence-corrected chi connectivity index (χ0v) is 14.2. The second-order valence-corrected chi connectivity index (χ2v) is 5.72. The predicted molar refractivity (Wildman–Crippen MR) is 88.8 cm³/mol. The van der Waals surface area contributed by atoms with Gasteiger partial charge in [0.25, 0.3) is 5.56 Å². The number of primary amides is 1. The van der Waals surface area contributed by atoms with Crippen LogP contribution in [0.3, 0.4) is 0 Å². The minimum atomic E-state index is -1.04. The number of ether oxygens (including phenoxy) is 1. The molecular weight excluding hydrogens is 353 g/mol. The predicted octanol–water partition coefficient (Wildman–Crippen LogP) is 1.61. The van der Waals surface area contributed by atoms with E-state index >= 15 is 0 Å². The second kappa shape index (κ2) is 7.98. The highest BCUT2D eigenvalue weighted by Crippen LogP contribution is 2.34. The summed E-state index contributed by atoms with van der Waals surface area (Å²) >= 11 is 6.08. The Balaban J connectivity index is 2.56. The van der Waals surface area contributed by atoms with E-state index in [-0.39, 0.29) is 41.3 Å². The lowest BCUT2D eigenvalue weighted by molar-refractivity contribution is -0.142. The molecule has 2 rings (SSSR count). The van der Waals surface area contributed by atoms with Crippen molar-refractivity contribution >= 4 is 23.5 Å². The number of carbonyl (C=O) groups excluding carboxylic acids is 2. The Kier molecular flexibility index (Phi) is 5.97. The molecule has 0 aliphatic rings. The SMILES string of the molecule is CCOC(=O)Cc1[nH][nH]c(=O)c1C(CC(N)=O)c1c(F)cccc1Cl. The topological polar surface area (TPSA) is 118 Å². The number of nitrogens with two attached hydrogens (primary N) is 1. The summed E-state index contributed by atoms with van der Waals surface area (Å²) in [7, 11) is 0. The van der Waals surface area contributed by atoms with Crippen molar-refractivity contribution in [1.82, 2.24) is 10.2 Å². The Hall–Kier alpha value is -2.61. The van der Waals surface area contributed by atoms with Crippen molar-refractivity contribution in [3.8, 4) is 0 Å². The van der Waals surface area contributed by atoms with Gasteiger partial charge < -0.3 is 15.6 Å². The normalized spacial score (nSPS) is 12.0. The van der Waals surface area contributed by atoms with E-state index in [1.165, 1.54) is 18.2 Å². The molecule has 1 aromatic carbocycles. The van der Waals surface area contributed by atoms with Crippen LogP contribution >= 0.6 is 11.6 Å². The first-order valence-electron chi connectivity index (χ1n) is 7.52. The van der Waals surface area contributed by atoms with Gasteiger partial charge in [-0.3, -0.25) is 19.5 Å². The van der Waals surface area contributed by atoms with E-state index in [0.717, 1.165) is 0 Å². The molecular formula is C16H17ClFN3O4. The summed E-state index contributed by atoms with van der Waals surface area (Å²) in [5.74, 6) is -3.03. The van der Waals surface area contributed by atoms with Crippen LogP contribution in [0.5, 0.6) is 0 Å². The molecule has 1 aromatic heterocycles. The summed E-state index contributed by atoms with van der Waals surface area (Å²) in [6, 6.07) is 4.02. The van der Waals surface area contributed by atoms with Crippen molar-refractivity contribution in [3.63, 3.8) is 0 Å². The maximum atomic E-state index is 14.3. The van der Waals surface area contributed by atoms with E-state index in [2.05, 4.69) is 10.2 Å². The minimum Gasteiger partial charge on any atom is -0.466 e. The van der Waals surface area contributed by atoms with Crippen LogP contribution < -0.4 is 11.3 Å². The number of amides is 1. The molecule has 0 spiro atoms. The van der Waals surface area contributed by atoms with E-state index in [4.69, 9.17) is 22.1 Å². The number of benzene rings is 1. The summed E-state index contributed by atoms with van der Waals surface area (Å²) in [4.78, 5) is 35.5. The third kappa shape index (κ3) is 4.27. The third-order valence-corrected chi connectivity index (χ3v) is 3.95. The Morgan fingerprint density at radius 3 is 2.64 bits per heavy atom. The molecule has 0 aliphatic heterocycles. The third-order valence-electron chi connectivity index (χ3n) is 3.63. The van der Waals surface area contributed by atoms with Gasteiger partial charge in [-0.25, -0.2) is 4.39 Å². The number of esters is 1. The van der Waals surface area contributed by atoms with Crippen LogP contribution in [0.1, 0.15) is 36.1 Å². The van der Waals surface area contributed by atoms with Crippen LogP contribution in [0.15, 0.2) is 23.0 Å². The number of aromatic amines is 2. The fraction of sp³-hybridized carbons (Fsp3) is 0.312. The van der Waals surface area contributed by atoms with Crippen molar-refractivity contribution in [1.29, 1.82) is 0 Å². The average molecular weight is 370 g/mol. The summed E-state index contributed by atoms with van der Waals surface area (Å²) < 4.78 is 19.2. The Morgan fingerprint density at radius 1 is 1.32 bits per heavy atom. The van der Waals surface area contributed by atoms with E-state index in [1.54, 1.807) is 6.92 Å². The monoisotopic (exact) mass is 369 g/mol. The molecule has 1 unspecified atom stereocenters. The van der Waals surface area contributed by atoms with Crippen molar-refractivity contribution < 1.29 is 18.7 Å². The number of carbonyl (C=O) groups is 2. The number of H-pyrrole nitrogens is 2. The number of aromatic nitrogens is 2. The Bertz CT molecular complexity index is 826. The highest BCUT2D eigenvalue weighted by molar-refractivity contribution is 6.31. The van der Waals surface area contributed by atoms with Crippen LogP contribution in [-0.2, 0) is 20.7 Å². The molecule has 134 valence electrons. The molecule has 9 heteroatoms. The number of rotatable bonds is 7. The number of hydrogen-bond acceptors (Lipinski definition) is 4. The molecule has 1 amide bonds. The van der Waals surface area contributed by atoms with Gasteiger partial charge in [0.05, 0.1) is 18.7 Å². The van der Waals surface area contributed by atoms with Gasteiger partial charge in [-0.15, -0.1) is 0 Å².